The highest BCUT2D eigenvalue weighted by atomic mass is 19.4. The van der Waals surface area contributed by atoms with E-state index < -0.39 is 42.5 Å². The first-order chi connectivity index (χ1) is 14.1. The number of hydrogen-bond acceptors (Lipinski definition) is 4. The fraction of sp³-hybridized carbons (Fsp3) is 0.500. The number of benzene rings is 1. The van der Waals surface area contributed by atoms with Crippen LogP contribution in [-0.4, -0.2) is 52.5 Å². The molecule has 3 rings (SSSR count). The molecule has 10 heteroatoms. The average molecular weight is 422 g/mol. The Morgan fingerprint density at radius 3 is 2.40 bits per heavy atom. The van der Waals surface area contributed by atoms with Crippen molar-refractivity contribution in [1.82, 2.24) is 15.1 Å². The quantitative estimate of drug-likeness (QED) is 0.714. The van der Waals surface area contributed by atoms with Crippen LogP contribution in [0.3, 0.4) is 0 Å². The molecule has 7 nitrogen and oxygen atoms in total. The highest BCUT2D eigenvalue weighted by Gasteiger charge is 2.52. The third-order valence-corrected chi connectivity index (χ3v) is 5.43. The van der Waals surface area contributed by atoms with Gasteiger partial charge < -0.3 is 10.2 Å². The maximum absolute atomic E-state index is 13.0. The van der Waals surface area contributed by atoms with E-state index in [1.807, 2.05) is 6.07 Å². The fourth-order valence-electron chi connectivity index (χ4n) is 3.92. The summed E-state index contributed by atoms with van der Waals surface area (Å²) in [4.78, 5) is 38.9. The van der Waals surface area contributed by atoms with Crippen molar-refractivity contribution in [3.63, 3.8) is 0 Å². The number of amides is 4. The maximum atomic E-state index is 13.0. The van der Waals surface area contributed by atoms with Crippen molar-refractivity contribution in [3.05, 3.63) is 35.4 Å². The lowest BCUT2D eigenvalue weighted by atomic mass is 9.98. The van der Waals surface area contributed by atoms with Gasteiger partial charge in [0.25, 0.3) is 5.91 Å². The van der Waals surface area contributed by atoms with Crippen LogP contribution in [0.5, 0.6) is 0 Å². The highest BCUT2D eigenvalue weighted by Crippen LogP contribution is 2.35. The van der Waals surface area contributed by atoms with Crippen molar-refractivity contribution in [2.45, 2.75) is 50.4 Å². The Kier molecular flexibility index (Phi) is 6.01. The van der Waals surface area contributed by atoms with Crippen LogP contribution < -0.4 is 5.32 Å². The zero-order chi connectivity index (χ0) is 21.9. The van der Waals surface area contributed by atoms with Gasteiger partial charge in [0.1, 0.15) is 12.1 Å². The molecule has 0 radical (unpaired) electrons. The predicted octanol–water partition coefficient (Wildman–Crippen LogP) is 2.70. The smallest absolute Gasteiger partial charge is 0.329 e. The largest absolute Gasteiger partial charge is 0.406 e. The molecule has 1 heterocycles. The Bertz CT molecular complexity index is 871. The number of urea groups is 1. The summed E-state index contributed by atoms with van der Waals surface area (Å²) in [5, 5.41) is 11.5. The molecule has 1 aliphatic heterocycles. The third kappa shape index (κ3) is 4.72. The van der Waals surface area contributed by atoms with Crippen molar-refractivity contribution >= 4 is 17.8 Å². The molecule has 1 saturated carbocycles. The minimum absolute atomic E-state index is 0.271. The van der Waals surface area contributed by atoms with Crippen molar-refractivity contribution in [2.75, 3.05) is 13.1 Å². The van der Waals surface area contributed by atoms with E-state index in [-0.39, 0.29) is 13.1 Å². The lowest BCUT2D eigenvalue weighted by Crippen LogP contribution is -2.44. The number of halogens is 3. The molecule has 0 unspecified atom stereocenters. The molecule has 160 valence electrons. The van der Waals surface area contributed by atoms with Gasteiger partial charge in [0.05, 0.1) is 11.6 Å². The monoisotopic (exact) mass is 422 g/mol. The first-order valence-corrected chi connectivity index (χ1v) is 9.61. The van der Waals surface area contributed by atoms with E-state index in [0.717, 1.165) is 17.7 Å². The van der Waals surface area contributed by atoms with E-state index in [1.165, 1.54) is 24.3 Å². The van der Waals surface area contributed by atoms with E-state index in [2.05, 4.69) is 5.32 Å². The normalized spacial score (nSPS) is 17.9. The minimum atomic E-state index is -4.60. The van der Waals surface area contributed by atoms with Gasteiger partial charge in [-0.1, -0.05) is 25.0 Å². The van der Waals surface area contributed by atoms with Gasteiger partial charge in [-0.3, -0.25) is 14.5 Å². The molecular formula is C20H21F3N4O3. The number of nitrogens with one attached hydrogen (secondary N) is 1. The molecule has 1 aliphatic carbocycles. The van der Waals surface area contributed by atoms with Crippen LogP contribution in [-0.2, 0) is 16.1 Å². The first-order valence-electron chi connectivity index (χ1n) is 9.61. The van der Waals surface area contributed by atoms with Crippen LogP contribution in [0.1, 0.15) is 43.2 Å². The summed E-state index contributed by atoms with van der Waals surface area (Å²) in [7, 11) is 0. The molecule has 0 aromatic heterocycles. The number of carbonyl (C=O) groups is 3. The van der Waals surface area contributed by atoms with Crippen LogP contribution in [0, 0.1) is 11.3 Å². The number of carbonyl (C=O) groups excluding carboxylic acids is 3. The van der Waals surface area contributed by atoms with Gasteiger partial charge in [-0.25, -0.2) is 4.79 Å². The summed E-state index contributed by atoms with van der Waals surface area (Å²) in [5.74, 6) is -1.23. The van der Waals surface area contributed by atoms with Crippen molar-refractivity contribution in [3.8, 4) is 6.07 Å². The second-order valence-corrected chi connectivity index (χ2v) is 7.60. The Morgan fingerprint density at radius 2 is 1.83 bits per heavy atom. The second kappa shape index (κ2) is 8.34. The predicted molar refractivity (Wildman–Crippen MR) is 98.7 cm³/mol. The van der Waals surface area contributed by atoms with E-state index in [4.69, 9.17) is 5.26 Å². The second-order valence-electron chi connectivity index (χ2n) is 7.60. The number of rotatable bonds is 6. The van der Waals surface area contributed by atoms with Gasteiger partial charge in [-0.2, -0.15) is 18.4 Å². The Balaban J connectivity index is 1.66. The van der Waals surface area contributed by atoms with E-state index >= 15 is 0 Å². The average Bonchev–Trinajstić information content (AvgIpc) is 3.24. The Labute approximate surface area is 171 Å². The number of alkyl halides is 3. The van der Waals surface area contributed by atoms with Gasteiger partial charge >= 0.3 is 12.2 Å². The van der Waals surface area contributed by atoms with Gasteiger partial charge in [0.2, 0.25) is 5.91 Å². The molecule has 2 fully saturated rings. The van der Waals surface area contributed by atoms with Crippen LogP contribution in [0.2, 0.25) is 0 Å². The molecule has 1 spiro atoms. The summed E-state index contributed by atoms with van der Waals surface area (Å²) >= 11 is 0. The van der Waals surface area contributed by atoms with Crippen LogP contribution >= 0.6 is 0 Å². The Hall–Kier alpha value is -3.09. The topological polar surface area (TPSA) is 93.5 Å². The summed E-state index contributed by atoms with van der Waals surface area (Å²) in [6, 6.07) is 7.19. The molecule has 0 bridgehead atoms. The molecule has 1 N–H and O–H groups in total. The van der Waals surface area contributed by atoms with Crippen molar-refractivity contribution in [1.29, 1.82) is 5.26 Å². The summed E-state index contributed by atoms with van der Waals surface area (Å²) < 4.78 is 39.0. The molecule has 1 aromatic carbocycles. The van der Waals surface area contributed by atoms with Gasteiger partial charge in [-0.15, -0.1) is 0 Å². The lowest BCUT2D eigenvalue weighted by molar-refractivity contribution is -0.162. The number of nitrogens with zero attached hydrogens (tertiary/aromatic N) is 3. The van der Waals surface area contributed by atoms with Crippen LogP contribution in [0.4, 0.5) is 18.0 Å². The third-order valence-electron chi connectivity index (χ3n) is 5.43. The minimum Gasteiger partial charge on any atom is -0.329 e. The van der Waals surface area contributed by atoms with Gasteiger partial charge in [0.15, 0.2) is 0 Å². The molecule has 2 aliphatic rings. The van der Waals surface area contributed by atoms with E-state index in [9.17, 15) is 27.6 Å². The van der Waals surface area contributed by atoms with Crippen molar-refractivity contribution < 1.29 is 27.6 Å². The Morgan fingerprint density at radius 1 is 1.20 bits per heavy atom. The molecule has 4 amide bonds. The van der Waals surface area contributed by atoms with Gasteiger partial charge in [0, 0.05) is 19.5 Å². The number of imide groups is 1. The maximum Gasteiger partial charge on any atom is 0.406 e. The standard InChI is InChI=1S/C20H21F3N4O3/c21-20(22,23)13-26(12-15-5-3-14(11-24)4-6-15)16(28)7-10-27-17(29)19(25-18(27)30)8-1-2-9-19/h3-6H,1-2,7-10,12-13H2,(H,25,30). The fourth-order valence-corrected chi connectivity index (χ4v) is 3.92. The van der Waals surface area contributed by atoms with E-state index in [1.54, 1.807) is 0 Å². The molecule has 30 heavy (non-hydrogen) atoms. The molecule has 1 saturated heterocycles. The number of hydrogen-bond donors (Lipinski definition) is 1. The van der Waals surface area contributed by atoms with E-state index in [0.29, 0.717) is 28.9 Å². The SMILES string of the molecule is N#Cc1ccc(CN(CC(F)(F)F)C(=O)CCN2C(=O)NC3(CCCC3)C2=O)cc1. The van der Waals surface area contributed by atoms with Crippen LogP contribution in [0.25, 0.3) is 0 Å². The molecule has 0 atom stereocenters. The summed E-state index contributed by atoms with van der Waals surface area (Å²) in [5.41, 5.74) is -0.132. The summed E-state index contributed by atoms with van der Waals surface area (Å²) in [6.45, 7) is -2.02. The molecular weight excluding hydrogens is 401 g/mol. The molecule has 1 aromatic rings. The number of nitriles is 1. The zero-order valence-electron chi connectivity index (χ0n) is 16.2. The van der Waals surface area contributed by atoms with Crippen LogP contribution in [0.15, 0.2) is 24.3 Å². The zero-order valence-corrected chi connectivity index (χ0v) is 16.2. The lowest BCUT2D eigenvalue weighted by Gasteiger charge is -2.25. The first kappa shape index (κ1) is 21.6. The van der Waals surface area contributed by atoms with Gasteiger partial charge in [-0.05, 0) is 30.5 Å². The summed E-state index contributed by atoms with van der Waals surface area (Å²) in [6.07, 6.45) is -2.33. The van der Waals surface area contributed by atoms with Crippen molar-refractivity contribution in [2.24, 2.45) is 0 Å². The highest BCUT2D eigenvalue weighted by molar-refractivity contribution is 6.07.